The summed E-state index contributed by atoms with van der Waals surface area (Å²) in [5.74, 6) is 0.839. The second kappa shape index (κ2) is 5.14. The predicted molar refractivity (Wildman–Crippen MR) is 86.0 cm³/mol. The van der Waals surface area contributed by atoms with E-state index in [9.17, 15) is 0 Å². The summed E-state index contributed by atoms with van der Waals surface area (Å²) in [5, 5.41) is 5.29. The molecule has 0 aliphatic rings. The minimum absolute atomic E-state index is 0.757. The molecule has 0 fully saturated rings. The van der Waals surface area contributed by atoms with Crippen molar-refractivity contribution in [1.82, 2.24) is 4.98 Å². The van der Waals surface area contributed by atoms with Gasteiger partial charge in [-0.3, -0.25) is 0 Å². The Kier molecular flexibility index (Phi) is 3.33. The largest absolute Gasteiger partial charge is 0.340 e. The van der Waals surface area contributed by atoms with E-state index in [0.29, 0.717) is 0 Å². The lowest BCUT2D eigenvalue weighted by atomic mass is 10.1. The molecule has 3 heteroatoms. The first-order valence-electron chi connectivity index (χ1n) is 6.53. The second-order valence-electron chi connectivity index (χ2n) is 4.88. The van der Waals surface area contributed by atoms with Crippen molar-refractivity contribution in [2.45, 2.75) is 13.8 Å². The van der Waals surface area contributed by atoms with Crippen LogP contribution in [0.2, 0.25) is 5.02 Å². The second-order valence-corrected chi connectivity index (χ2v) is 5.29. The third-order valence-electron chi connectivity index (χ3n) is 3.45. The molecule has 100 valence electrons. The first kappa shape index (κ1) is 12.9. The van der Waals surface area contributed by atoms with Gasteiger partial charge in [0.2, 0.25) is 0 Å². The van der Waals surface area contributed by atoms with Gasteiger partial charge < -0.3 is 5.32 Å². The first-order valence-corrected chi connectivity index (χ1v) is 6.91. The normalized spacial score (nSPS) is 10.8. The maximum Gasteiger partial charge on any atom is 0.131 e. The molecule has 1 aromatic heterocycles. The van der Waals surface area contributed by atoms with Crippen molar-refractivity contribution < 1.29 is 0 Å². The molecule has 0 saturated carbocycles. The fraction of sp³-hybridized carbons (Fsp3) is 0.118. The van der Waals surface area contributed by atoms with Gasteiger partial charge in [-0.05, 0) is 49.2 Å². The van der Waals surface area contributed by atoms with Crippen molar-refractivity contribution in [3.63, 3.8) is 0 Å². The predicted octanol–water partition coefficient (Wildman–Crippen LogP) is 5.25. The Balaban J connectivity index is 2.05. The maximum absolute atomic E-state index is 6.15. The van der Waals surface area contributed by atoms with E-state index in [0.717, 1.165) is 27.6 Å². The van der Waals surface area contributed by atoms with Crippen LogP contribution in [0.25, 0.3) is 10.9 Å². The van der Waals surface area contributed by atoms with Gasteiger partial charge in [-0.1, -0.05) is 35.9 Å². The summed E-state index contributed by atoms with van der Waals surface area (Å²) in [5.41, 5.74) is 4.22. The smallest absolute Gasteiger partial charge is 0.131 e. The molecule has 1 N–H and O–H groups in total. The summed E-state index contributed by atoms with van der Waals surface area (Å²) < 4.78 is 0. The van der Waals surface area contributed by atoms with Crippen LogP contribution >= 0.6 is 11.6 Å². The van der Waals surface area contributed by atoms with Crippen molar-refractivity contribution >= 4 is 34.0 Å². The minimum atomic E-state index is 0.757. The Bertz CT molecular complexity index is 781. The van der Waals surface area contributed by atoms with Gasteiger partial charge in [0.1, 0.15) is 5.82 Å². The van der Waals surface area contributed by atoms with E-state index >= 15 is 0 Å². The Morgan fingerprint density at radius 2 is 1.80 bits per heavy atom. The van der Waals surface area contributed by atoms with Crippen molar-refractivity contribution in [3.05, 3.63) is 64.7 Å². The van der Waals surface area contributed by atoms with E-state index < -0.39 is 0 Å². The molecule has 1 heterocycles. The average Bonchev–Trinajstić information content (AvgIpc) is 2.44. The van der Waals surface area contributed by atoms with Crippen LogP contribution in [0.15, 0.2) is 48.5 Å². The SMILES string of the molecule is Cc1c(Cl)cccc1Nc1cc(C)c2ccccc2n1. The quantitative estimate of drug-likeness (QED) is 0.694. The highest BCUT2D eigenvalue weighted by molar-refractivity contribution is 6.31. The van der Waals surface area contributed by atoms with Gasteiger partial charge >= 0.3 is 0 Å². The molecule has 0 aliphatic heterocycles. The highest BCUT2D eigenvalue weighted by Crippen LogP contribution is 2.27. The standard InChI is InChI=1S/C17H15ClN2/c1-11-10-17(20-16-8-4-3-6-13(11)16)19-15-9-5-7-14(18)12(15)2/h3-10H,1-2H3,(H,19,20). The molecular formula is C17H15ClN2. The minimum Gasteiger partial charge on any atom is -0.340 e. The van der Waals surface area contributed by atoms with Crippen LogP contribution in [-0.4, -0.2) is 4.98 Å². The summed E-state index contributed by atoms with van der Waals surface area (Å²) in [4.78, 5) is 4.65. The number of pyridine rings is 1. The lowest BCUT2D eigenvalue weighted by Gasteiger charge is -2.12. The van der Waals surface area contributed by atoms with Gasteiger partial charge in [0.05, 0.1) is 5.52 Å². The highest BCUT2D eigenvalue weighted by Gasteiger charge is 2.05. The fourth-order valence-corrected chi connectivity index (χ4v) is 2.47. The van der Waals surface area contributed by atoms with Crippen molar-refractivity contribution in [2.24, 2.45) is 0 Å². The van der Waals surface area contributed by atoms with E-state index in [4.69, 9.17) is 11.6 Å². The lowest BCUT2D eigenvalue weighted by Crippen LogP contribution is -1.97. The summed E-state index contributed by atoms with van der Waals surface area (Å²) in [6.07, 6.45) is 0. The highest BCUT2D eigenvalue weighted by atomic mass is 35.5. The molecule has 0 amide bonds. The number of para-hydroxylation sites is 1. The molecule has 0 bridgehead atoms. The van der Waals surface area contributed by atoms with Crippen LogP contribution < -0.4 is 5.32 Å². The molecular weight excluding hydrogens is 268 g/mol. The van der Waals surface area contributed by atoms with Gasteiger partial charge in [0.25, 0.3) is 0 Å². The number of nitrogens with zero attached hydrogens (tertiary/aromatic N) is 1. The van der Waals surface area contributed by atoms with Crippen molar-refractivity contribution in [3.8, 4) is 0 Å². The van der Waals surface area contributed by atoms with E-state index in [1.807, 2.05) is 43.3 Å². The number of aryl methyl sites for hydroxylation is 1. The summed E-state index contributed by atoms with van der Waals surface area (Å²) in [6.45, 7) is 4.10. The van der Waals surface area contributed by atoms with Gasteiger partial charge in [-0.15, -0.1) is 0 Å². The van der Waals surface area contributed by atoms with E-state index in [1.54, 1.807) is 0 Å². The molecule has 0 spiro atoms. The van der Waals surface area contributed by atoms with Gasteiger partial charge in [0.15, 0.2) is 0 Å². The lowest BCUT2D eigenvalue weighted by molar-refractivity contribution is 1.32. The van der Waals surface area contributed by atoms with Crippen molar-refractivity contribution in [1.29, 1.82) is 0 Å². The third-order valence-corrected chi connectivity index (χ3v) is 3.86. The number of hydrogen-bond donors (Lipinski definition) is 1. The van der Waals surface area contributed by atoms with Crippen LogP contribution in [0.1, 0.15) is 11.1 Å². The number of anilines is 2. The molecule has 3 rings (SSSR count). The summed E-state index contributed by atoms with van der Waals surface area (Å²) in [6, 6.07) is 16.0. The Hall–Kier alpha value is -2.06. The molecule has 0 aliphatic carbocycles. The zero-order valence-corrected chi connectivity index (χ0v) is 12.2. The third kappa shape index (κ3) is 2.35. The molecule has 0 unspecified atom stereocenters. The Morgan fingerprint density at radius 3 is 2.65 bits per heavy atom. The molecule has 2 aromatic carbocycles. The van der Waals surface area contributed by atoms with Crippen LogP contribution in [0.3, 0.4) is 0 Å². The molecule has 0 radical (unpaired) electrons. The van der Waals surface area contributed by atoms with E-state index in [1.165, 1.54) is 10.9 Å². The molecule has 0 saturated heterocycles. The zero-order valence-electron chi connectivity index (χ0n) is 11.4. The van der Waals surface area contributed by atoms with Crippen LogP contribution in [0, 0.1) is 13.8 Å². The maximum atomic E-state index is 6.15. The monoisotopic (exact) mass is 282 g/mol. The van der Waals surface area contributed by atoms with Crippen molar-refractivity contribution in [2.75, 3.05) is 5.32 Å². The number of nitrogens with one attached hydrogen (secondary N) is 1. The fourth-order valence-electron chi connectivity index (χ4n) is 2.29. The Labute approximate surface area is 123 Å². The van der Waals surface area contributed by atoms with Gasteiger partial charge in [0, 0.05) is 16.1 Å². The zero-order chi connectivity index (χ0) is 14.1. The summed E-state index contributed by atoms with van der Waals surface area (Å²) in [7, 11) is 0. The first-order chi connectivity index (χ1) is 9.65. The van der Waals surface area contributed by atoms with E-state index in [-0.39, 0.29) is 0 Å². The van der Waals surface area contributed by atoms with E-state index in [2.05, 4.69) is 29.4 Å². The van der Waals surface area contributed by atoms with Crippen LogP contribution in [0.4, 0.5) is 11.5 Å². The summed E-state index contributed by atoms with van der Waals surface area (Å²) >= 11 is 6.15. The number of hydrogen-bond acceptors (Lipinski definition) is 2. The number of halogens is 1. The Morgan fingerprint density at radius 1 is 1.00 bits per heavy atom. The number of benzene rings is 2. The molecule has 0 atom stereocenters. The molecule has 2 nitrogen and oxygen atoms in total. The molecule has 3 aromatic rings. The molecule has 20 heavy (non-hydrogen) atoms. The van der Waals surface area contributed by atoms with Gasteiger partial charge in [-0.2, -0.15) is 0 Å². The van der Waals surface area contributed by atoms with Gasteiger partial charge in [-0.25, -0.2) is 4.98 Å². The van der Waals surface area contributed by atoms with Crippen LogP contribution in [0.5, 0.6) is 0 Å². The number of aromatic nitrogens is 1. The topological polar surface area (TPSA) is 24.9 Å². The number of fused-ring (bicyclic) bond motifs is 1. The number of rotatable bonds is 2. The average molecular weight is 283 g/mol. The van der Waals surface area contributed by atoms with Crippen LogP contribution in [-0.2, 0) is 0 Å².